The Hall–Kier alpha value is -3.07. The van der Waals surface area contributed by atoms with E-state index in [0.717, 1.165) is 0 Å². The zero-order valence-corrected chi connectivity index (χ0v) is 16.6. The van der Waals surface area contributed by atoms with Crippen LogP contribution in [0.3, 0.4) is 0 Å². The molecule has 0 spiro atoms. The Morgan fingerprint density at radius 1 is 1.24 bits per heavy atom. The second-order valence-corrected chi connectivity index (χ2v) is 7.40. The van der Waals surface area contributed by atoms with Crippen molar-refractivity contribution in [1.29, 1.82) is 0 Å². The normalized spacial score (nSPS) is 11.9. The van der Waals surface area contributed by atoms with Gasteiger partial charge in [0.25, 0.3) is 5.91 Å². The van der Waals surface area contributed by atoms with Crippen molar-refractivity contribution in [3.63, 3.8) is 0 Å². The molecule has 0 bridgehead atoms. The highest BCUT2D eigenvalue weighted by Gasteiger charge is 2.17. The van der Waals surface area contributed by atoms with Gasteiger partial charge in [0.1, 0.15) is 17.4 Å². The fraction of sp³-hybridized carbons (Fsp3) is 0.250. The molecule has 3 aromatic rings. The molecule has 0 radical (unpaired) electrons. The van der Waals surface area contributed by atoms with Crippen LogP contribution in [0, 0.1) is 18.6 Å². The minimum absolute atomic E-state index is 0.0127. The summed E-state index contributed by atoms with van der Waals surface area (Å²) < 4.78 is 32.6. The van der Waals surface area contributed by atoms with E-state index in [4.69, 9.17) is 4.42 Å². The molecule has 0 saturated heterocycles. The van der Waals surface area contributed by atoms with Gasteiger partial charge in [-0.25, -0.2) is 13.8 Å². The Morgan fingerprint density at radius 2 is 1.97 bits per heavy atom. The third kappa shape index (κ3) is 5.26. The van der Waals surface area contributed by atoms with Crippen molar-refractivity contribution in [2.75, 3.05) is 5.32 Å². The van der Waals surface area contributed by atoms with E-state index in [2.05, 4.69) is 15.6 Å². The van der Waals surface area contributed by atoms with Gasteiger partial charge in [-0.1, -0.05) is 6.07 Å². The second kappa shape index (κ2) is 8.95. The number of hydrogen-bond donors (Lipinski definition) is 2. The van der Waals surface area contributed by atoms with Crippen LogP contribution in [0.4, 0.5) is 13.9 Å². The average molecular weight is 419 g/mol. The molecular formula is C20H19F2N3O3S. The van der Waals surface area contributed by atoms with Gasteiger partial charge in [0.2, 0.25) is 5.91 Å². The largest absolute Gasteiger partial charge is 0.469 e. The average Bonchev–Trinajstić information content (AvgIpc) is 3.27. The molecule has 2 amide bonds. The molecular weight excluding hydrogens is 400 g/mol. The summed E-state index contributed by atoms with van der Waals surface area (Å²) in [6, 6.07) is 4.76. The fourth-order valence-electron chi connectivity index (χ4n) is 2.81. The molecule has 0 saturated carbocycles. The van der Waals surface area contributed by atoms with Gasteiger partial charge in [0.15, 0.2) is 5.13 Å². The Kier molecular flexibility index (Phi) is 6.38. The lowest BCUT2D eigenvalue weighted by Gasteiger charge is -2.14. The molecule has 2 heterocycles. The number of carbonyl (C=O) groups excluding carboxylic acids is 2. The molecule has 6 nitrogen and oxygen atoms in total. The molecule has 0 aliphatic rings. The quantitative estimate of drug-likeness (QED) is 0.609. The van der Waals surface area contributed by atoms with Crippen LogP contribution in [-0.2, 0) is 17.6 Å². The van der Waals surface area contributed by atoms with Crippen LogP contribution in [0.25, 0.3) is 0 Å². The number of aryl methyl sites for hydroxylation is 1. The van der Waals surface area contributed by atoms with Crippen molar-refractivity contribution < 1.29 is 22.8 Å². The van der Waals surface area contributed by atoms with E-state index in [0.29, 0.717) is 22.1 Å². The summed E-state index contributed by atoms with van der Waals surface area (Å²) in [7, 11) is 0. The maximum atomic E-state index is 13.7. The van der Waals surface area contributed by atoms with Gasteiger partial charge in [-0.2, -0.15) is 0 Å². The lowest BCUT2D eigenvalue weighted by Crippen LogP contribution is -2.35. The van der Waals surface area contributed by atoms with Crippen molar-refractivity contribution in [1.82, 2.24) is 10.3 Å². The van der Waals surface area contributed by atoms with Crippen molar-refractivity contribution in [2.45, 2.75) is 32.7 Å². The lowest BCUT2D eigenvalue weighted by atomic mass is 10.1. The van der Waals surface area contributed by atoms with E-state index in [1.54, 1.807) is 25.3 Å². The summed E-state index contributed by atoms with van der Waals surface area (Å²) in [6.07, 6.45) is 1.45. The topological polar surface area (TPSA) is 84.2 Å². The van der Waals surface area contributed by atoms with E-state index < -0.39 is 17.7 Å². The lowest BCUT2D eigenvalue weighted by molar-refractivity contribution is -0.121. The smallest absolute Gasteiger partial charge is 0.260 e. The Balaban J connectivity index is 1.53. The molecule has 0 aliphatic heterocycles. The molecule has 1 aromatic carbocycles. The van der Waals surface area contributed by atoms with Crippen LogP contribution < -0.4 is 10.6 Å². The SMILES string of the molecule is Cc1occc1C(=O)Nc1nc(CC(=O)NC(C)Cc2c(F)cccc2F)cs1. The molecule has 0 aliphatic carbocycles. The number of nitrogens with zero attached hydrogens (tertiary/aromatic N) is 1. The van der Waals surface area contributed by atoms with Crippen LogP contribution in [0.1, 0.15) is 34.3 Å². The fourth-order valence-corrected chi connectivity index (χ4v) is 3.51. The number of furan rings is 1. The standard InChI is InChI=1S/C20H19F2N3O3S/c1-11(8-15-16(21)4-3-5-17(15)22)23-18(26)9-13-10-29-20(24-13)25-19(27)14-6-7-28-12(14)2/h3-7,10-11H,8-9H2,1-2H3,(H,23,26)(H,24,25,27). The molecule has 1 atom stereocenters. The highest BCUT2D eigenvalue weighted by Crippen LogP contribution is 2.19. The third-order valence-electron chi connectivity index (χ3n) is 4.20. The number of rotatable bonds is 7. The predicted molar refractivity (Wildman–Crippen MR) is 105 cm³/mol. The van der Waals surface area contributed by atoms with Crippen LogP contribution in [0.15, 0.2) is 40.3 Å². The van der Waals surface area contributed by atoms with E-state index in [9.17, 15) is 18.4 Å². The summed E-state index contributed by atoms with van der Waals surface area (Å²) in [5, 5.41) is 7.39. The zero-order chi connectivity index (χ0) is 21.0. The highest BCUT2D eigenvalue weighted by atomic mass is 32.1. The van der Waals surface area contributed by atoms with E-state index in [1.807, 2.05) is 0 Å². The molecule has 2 N–H and O–H groups in total. The van der Waals surface area contributed by atoms with Gasteiger partial charge in [-0.15, -0.1) is 11.3 Å². The van der Waals surface area contributed by atoms with Gasteiger partial charge in [0.05, 0.1) is 23.9 Å². The number of hydrogen-bond acceptors (Lipinski definition) is 5. The van der Waals surface area contributed by atoms with Gasteiger partial charge in [0, 0.05) is 17.0 Å². The molecule has 3 rings (SSSR count). The first-order valence-corrected chi connectivity index (χ1v) is 9.73. The minimum atomic E-state index is -0.640. The molecule has 1 unspecified atom stereocenters. The monoisotopic (exact) mass is 419 g/mol. The number of carbonyl (C=O) groups is 2. The maximum Gasteiger partial charge on any atom is 0.260 e. The van der Waals surface area contributed by atoms with Gasteiger partial charge >= 0.3 is 0 Å². The van der Waals surface area contributed by atoms with Crippen molar-refractivity contribution in [3.05, 3.63) is 70.1 Å². The molecule has 152 valence electrons. The number of nitrogens with one attached hydrogen (secondary N) is 2. The minimum Gasteiger partial charge on any atom is -0.469 e. The molecule has 2 aromatic heterocycles. The van der Waals surface area contributed by atoms with E-state index >= 15 is 0 Å². The predicted octanol–water partition coefficient (Wildman–Crippen LogP) is 3.86. The number of thiazole rings is 1. The van der Waals surface area contributed by atoms with Gasteiger partial charge in [-0.05, 0) is 38.5 Å². The number of benzene rings is 1. The molecule has 0 fully saturated rings. The first kappa shape index (κ1) is 20.7. The Bertz CT molecular complexity index is 1010. The van der Waals surface area contributed by atoms with E-state index in [1.165, 1.54) is 35.8 Å². The number of anilines is 1. The van der Waals surface area contributed by atoms with Crippen LogP contribution in [0.5, 0.6) is 0 Å². The summed E-state index contributed by atoms with van der Waals surface area (Å²) in [4.78, 5) is 28.6. The third-order valence-corrected chi connectivity index (χ3v) is 5.00. The van der Waals surface area contributed by atoms with Crippen LogP contribution >= 0.6 is 11.3 Å². The maximum absolute atomic E-state index is 13.7. The summed E-state index contributed by atoms with van der Waals surface area (Å²) >= 11 is 1.20. The van der Waals surface area contributed by atoms with Crippen LogP contribution in [0.2, 0.25) is 0 Å². The molecule has 9 heteroatoms. The number of halogens is 2. The van der Waals surface area contributed by atoms with Crippen molar-refractivity contribution in [2.24, 2.45) is 0 Å². The first-order valence-electron chi connectivity index (χ1n) is 8.85. The Labute approximate surface area is 170 Å². The zero-order valence-electron chi connectivity index (χ0n) is 15.8. The van der Waals surface area contributed by atoms with E-state index in [-0.39, 0.29) is 30.2 Å². The summed E-state index contributed by atoms with van der Waals surface area (Å²) in [6.45, 7) is 3.35. The number of aromatic nitrogens is 1. The van der Waals surface area contributed by atoms with Crippen LogP contribution in [-0.4, -0.2) is 22.8 Å². The molecule has 29 heavy (non-hydrogen) atoms. The highest BCUT2D eigenvalue weighted by molar-refractivity contribution is 7.14. The summed E-state index contributed by atoms with van der Waals surface area (Å²) in [5.41, 5.74) is 0.832. The van der Waals surface area contributed by atoms with Crippen molar-refractivity contribution in [3.8, 4) is 0 Å². The second-order valence-electron chi connectivity index (χ2n) is 6.54. The van der Waals surface area contributed by atoms with Gasteiger partial charge in [-0.3, -0.25) is 14.9 Å². The number of amides is 2. The first-order chi connectivity index (χ1) is 13.8. The van der Waals surface area contributed by atoms with Crippen molar-refractivity contribution >= 4 is 28.3 Å². The Morgan fingerprint density at radius 3 is 2.62 bits per heavy atom. The van der Waals surface area contributed by atoms with Gasteiger partial charge < -0.3 is 9.73 Å². The summed E-state index contributed by atoms with van der Waals surface area (Å²) in [5.74, 6) is -1.46.